The zero-order valence-electron chi connectivity index (χ0n) is 10.3. The SMILES string of the molecule is Nc1cccc2c1CN(Cc1cccnc1)CC2. The number of nitrogens with zero attached hydrogens (tertiary/aromatic N) is 2. The maximum absolute atomic E-state index is 6.06. The summed E-state index contributed by atoms with van der Waals surface area (Å²) in [5.74, 6) is 0. The summed E-state index contributed by atoms with van der Waals surface area (Å²) in [5, 5.41) is 0. The molecule has 3 heteroatoms. The molecule has 2 aromatic rings. The van der Waals surface area contributed by atoms with Gasteiger partial charge < -0.3 is 5.73 Å². The Bertz CT molecular complexity index is 537. The van der Waals surface area contributed by atoms with E-state index in [1.54, 1.807) is 0 Å². The minimum absolute atomic E-state index is 0.920. The molecule has 3 nitrogen and oxygen atoms in total. The number of nitrogen functional groups attached to an aromatic ring is 1. The van der Waals surface area contributed by atoms with Crippen LogP contribution in [0.5, 0.6) is 0 Å². The Morgan fingerprint density at radius 2 is 2.17 bits per heavy atom. The van der Waals surface area contributed by atoms with E-state index in [0.29, 0.717) is 0 Å². The number of hydrogen-bond donors (Lipinski definition) is 1. The number of nitrogens with two attached hydrogens (primary N) is 1. The van der Waals surface area contributed by atoms with Crippen LogP contribution in [0.1, 0.15) is 16.7 Å². The molecule has 1 aliphatic heterocycles. The standard InChI is InChI=1S/C15H17N3/c16-15-5-1-4-13-6-8-18(11-14(13)15)10-12-3-2-7-17-9-12/h1-5,7,9H,6,8,10-11,16H2. The first-order valence-corrected chi connectivity index (χ1v) is 6.30. The largest absolute Gasteiger partial charge is 0.398 e. The van der Waals surface area contributed by atoms with Crippen LogP contribution in [0.25, 0.3) is 0 Å². The Morgan fingerprint density at radius 1 is 1.22 bits per heavy atom. The van der Waals surface area contributed by atoms with E-state index < -0.39 is 0 Å². The molecule has 0 bridgehead atoms. The quantitative estimate of drug-likeness (QED) is 0.817. The van der Waals surface area contributed by atoms with E-state index in [1.807, 2.05) is 30.6 Å². The highest BCUT2D eigenvalue weighted by atomic mass is 15.1. The molecule has 0 saturated heterocycles. The summed E-state index contributed by atoms with van der Waals surface area (Å²) in [4.78, 5) is 6.59. The van der Waals surface area contributed by atoms with Gasteiger partial charge in [0.2, 0.25) is 0 Å². The summed E-state index contributed by atoms with van der Waals surface area (Å²) < 4.78 is 0. The van der Waals surface area contributed by atoms with Crippen molar-refractivity contribution in [3.05, 3.63) is 59.4 Å². The molecule has 1 aliphatic rings. The second-order valence-electron chi connectivity index (χ2n) is 4.81. The number of fused-ring (bicyclic) bond motifs is 1. The van der Waals surface area contributed by atoms with E-state index in [4.69, 9.17) is 5.73 Å². The molecule has 0 fully saturated rings. The van der Waals surface area contributed by atoms with E-state index >= 15 is 0 Å². The molecule has 92 valence electrons. The second-order valence-corrected chi connectivity index (χ2v) is 4.81. The first kappa shape index (κ1) is 11.2. The number of aromatic nitrogens is 1. The zero-order chi connectivity index (χ0) is 12.4. The Morgan fingerprint density at radius 3 is 3.00 bits per heavy atom. The van der Waals surface area contributed by atoms with E-state index in [-0.39, 0.29) is 0 Å². The number of benzene rings is 1. The average Bonchev–Trinajstić information content (AvgIpc) is 2.41. The van der Waals surface area contributed by atoms with Gasteiger partial charge in [0.05, 0.1) is 0 Å². The smallest absolute Gasteiger partial charge is 0.0362 e. The molecule has 18 heavy (non-hydrogen) atoms. The van der Waals surface area contributed by atoms with Crippen LogP contribution in [0.2, 0.25) is 0 Å². The number of hydrogen-bond acceptors (Lipinski definition) is 3. The highest BCUT2D eigenvalue weighted by molar-refractivity contribution is 5.51. The van der Waals surface area contributed by atoms with Gasteiger partial charge in [0.25, 0.3) is 0 Å². The van der Waals surface area contributed by atoms with Crippen LogP contribution in [0.3, 0.4) is 0 Å². The fourth-order valence-corrected chi connectivity index (χ4v) is 2.55. The highest BCUT2D eigenvalue weighted by Crippen LogP contribution is 2.24. The summed E-state index contributed by atoms with van der Waals surface area (Å²) in [6, 6.07) is 10.3. The summed E-state index contributed by atoms with van der Waals surface area (Å²) >= 11 is 0. The van der Waals surface area contributed by atoms with Gasteiger partial charge in [-0.25, -0.2) is 0 Å². The van der Waals surface area contributed by atoms with Crippen LogP contribution in [0.4, 0.5) is 5.69 Å². The molecule has 1 aromatic carbocycles. The van der Waals surface area contributed by atoms with Gasteiger partial charge in [0, 0.05) is 37.7 Å². The minimum atomic E-state index is 0.920. The molecule has 1 aromatic heterocycles. The monoisotopic (exact) mass is 239 g/mol. The van der Waals surface area contributed by atoms with Gasteiger partial charge >= 0.3 is 0 Å². The molecule has 0 amide bonds. The van der Waals surface area contributed by atoms with E-state index in [9.17, 15) is 0 Å². The lowest BCUT2D eigenvalue weighted by molar-refractivity contribution is 0.246. The van der Waals surface area contributed by atoms with Gasteiger partial charge in [-0.15, -0.1) is 0 Å². The number of pyridine rings is 1. The fourth-order valence-electron chi connectivity index (χ4n) is 2.55. The van der Waals surface area contributed by atoms with Crippen molar-refractivity contribution >= 4 is 5.69 Å². The molecule has 2 heterocycles. The lowest BCUT2D eigenvalue weighted by atomic mass is 9.98. The van der Waals surface area contributed by atoms with Crippen LogP contribution in [0.15, 0.2) is 42.7 Å². The van der Waals surface area contributed by atoms with E-state index in [2.05, 4.69) is 22.0 Å². The first-order chi connectivity index (χ1) is 8.83. The zero-order valence-corrected chi connectivity index (χ0v) is 10.3. The van der Waals surface area contributed by atoms with Gasteiger partial charge in [0.1, 0.15) is 0 Å². The molecule has 2 N–H and O–H groups in total. The Labute approximate surface area is 107 Å². The van der Waals surface area contributed by atoms with Crippen molar-refractivity contribution in [3.63, 3.8) is 0 Å². The van der Waals surface area contributed by atoms with Gasteiger partial charge in [-0.1, -0.05) is 18.2 Å². The normalized spacial score (nSPS) is 15.3. The van der Waals surface area contributed by atoms with Crippen molar-refractivity contribution in [1.29, 1.82) is 0 Å². The van der Waals surface area contributed by atoms with Crippen molar-refractivity contribution in [3.8, 4) is 0 Å². The predicted molar refractivity (Wildman–Crippen MR) is 72.9 cm³/mol. The van der Waals surface area contributed by atoms with Gasteiger partial charge in [-0.05, 0) is 35.2 Å². The van der Waals surface area contributed by atoms with E-state index in [0.717, 1.165) is 31.7 Å². The van der Waals surface area contributed by atoms with Crippen molar-refractivity contribution in [1.82, 2.24) is 9.88 Å². The molecular formula is C15H17N3. The highest BCUT2D eigenvalue weighted by Gasteiger charge is 2.17. The molecule has 0 spiro atoms. The molecule has 0 atom stereocenters. The van der Waals surface area contributed by atoms with Crippen molar-refractivity contribution in [2.45, 2.75) is 19.5 Å². The van der Waals surface area contributed by atoms with E-state index in [1.165, 1.54) is 16.7 Å². The van der Waals surface area contributed by atoms with Crippen LogP contribution >= 0.6 is 0 Å². The summed E-state index contributed by atoms with van der Waals surface area (Å²) in [7, 11) is 0. The molecular weight excluding hydrogens is 222 g/mol. The van der Waals surface area contributed by atoms with Crippen molar-refractivity contribution in [2.75, 3.05) is 12.3 Å². The maximum Gasteiger partial charge on any atom is 0.0362 e. The minimum Gasteiger partial charge on any atom is -0.398 e. The van der Waals surface area contributed by atoms with Crippen LogP contribution in [-0.4, -0.2) is 16.4 Å². The molecule has 0 radical (unpaired) electrons. The fraction of sp³-hybridized carbons (Fsp3) is 0.267. The Kier molecular flexibility index (Phi) is 2.99. The van der Waals surface area contributed by atoms with Gasteiger partial charge in [0.15, 0.2) is 0 Å². The molecule has 3 rings (SSSR count). The second kappa shape index (κ2) is 4.78. The third kappa shape index (κ3) is 2.22. The topological polar surface area (TPSA) is 42.1 Å². The van der Waals surface area contributed by atoms with Crippen LogP contribution < -0.4 is 5.73 Å². The lowest BCUT2D eigenvalue weighted by Crippen LogP contribution is -2.30. The lowest BCUT2D eigenvalue weighted by Gasteiger charge is -2.29. The van der Waals surface area contributed by atoms with Crippen molar-refractivity contribution < 1.29 is 0 Å². The predicted octanol–water partition coefficient (Wildman–Crippen LogP) is 2.22. The summed E-state index contributed by atoms with van der Waals surface area (Å²) in [5.41, 5.74) is 10.9. The third-order valence-electron chi connectivity index (χ3n) is 3.52. The van der Waals surface area contributed by atoms with Crippen LogP contribution in [0, 0.1) is 0 Å². The Balaban J connectivity index is 1.77. The van der Waals surface area contributed by atoms with Gasteiger partial charge in [-0.3, -0.25) is 9.88 Å². The first-order valence-electron chi connectivity index (χ1n) is 6.30. The van der Waals surface area contributed by atoms with Gasteiger partial charge in [-0.2, -0.15) is 0 Å². The third-order valence-corrected chi connectivity index (χ3v) is 3.52. The number of anilines is 1. The van der Waals surface area contributed by atoms with Crippen LogP contribution in [-0.2, 0) is 19.5 Å². The average molecular weight is 239 g/mol. The Hall–Kier alpha value is -1.87. The summed E-state index contributed by atoms with van der Waals surface area (Å²) in [6.07, 6.45) is 4.83. The maximum atomic E-state index is 6.06. The van der Waals surface area contributed by atoms with Crippen molar-refractivity contribution in [2.24, 2.45) is 0 Å². The molecule has 0 aliphatic carbocycles. The molecule has 0 unspecified atom stereocenters. The summed E-state index contributed by atoms with van der Waals surface area (Å²) in [6.45, 7) is 2.98. The molecule has 0 saturated carbocycles. The number of rotatable bonds is 2.